The van der Waals surface area contributed by atoms with Crippen molar-refractivity contribution in [3.8, 4) is 0 Å². The van der Waals surface area contributed by atoms with E-state index in [1.807, 2.05) is 46.6 Å². The third-order valence-corrected chi connectivity index (χ3v) is 7.97. The van der Waals surface area contributed by atoms with E-state index in [4.69, 9.17) is 9.97 Å². The second-order valence-electron chi connectivity index (χ2n) is 9.24. The van der Waals surface area contributed by atoms with Gasteiger partial charge in [0.1, 0.15) is 16.5 Å². The number of amides is 1. The Hall–Kier alpha value is -2.47. The fourth-order valence-corrected chi connectivity index (χ4v) is 6.32. The molecule has 0 spiro atoms. The molecule has 1 aliphatic carbocycles. The van der Waals surface area contributed by atoms with Gasteiger partial charge in [-0.3, -0.25) is 4.79 Å². The molecule has 1 fully saturated rings. The van der Waals surface area contributed by atoms with Gasteiger partial charge in [-0.1, -0.05) is 38.5 Å². The summed E-state index contributed by atoms with van der Waals surface area (Å²) in [7, 11) is 0. The number of rotatable bonds is 5. The van der Waals surface area contributed by atoms with Crippen molar-refractivity contribution in [1.82, 2.24) is 14.9 Å². The molecule has 3 aromatic rings. The lowest BCUT2D eigenvalue weighted by Crippen LogP contribution is -2.49. The molecule has 1 unspecified atom stereocenters. The number of aryl methyl sites for hydroxylation is 2. The van der Waals surface area contributed by atoms with Gasteiger partial charge in [-0.25, -0.2) is 9.97 Å². The molecule has 1 atom stereocenters. The minimum Gasteiger partial charge on any atom is -0.352 e. The van der Waals surface area contributed by atoms with Crippen LogP contribution in [0.25, 0.3) is 10.2 Å². The summed E-state index contributed by atoms with van der Waals surface area (Å²) < 4.78 is 0. The zero-order chi connectivity index (χ0) is 22.1. The molecule has 0 bridgehead atoms. The summed E-state index contributed by atoms with van der Waals surface area (Å²) in [5.41, 5.74) is 2.26. The Morgan fingerprint density at radius 1 is 1.12 bits per heavy atom. The number of benzene rings is 1. The zero-order valence-corrected chi connectivity index (χ0v) is 20.0. The van der Waals surface area contributed by atoms with Crippen molar-refractivity contribution in [3.05, 3.63) is 52.2 Å². The van der Waals surface area contributed by atoms with Gasteiger partial charge in [0.2, 0.25) is 0 Å². The molecule has 0 saturated carbocycles. The molecule has 32 heavy (non-hydrogen) atoms. The highest BCUT2D eigenvalue weighted by Gasteiger charge is 2.28. The molecule has 3 heterocycles. The Kier molecular flexibility index (Phi) is 6.13. The highest BCUT2D eigenvalue weighted by Crippen LogP contribution is 2.41. The van der Waals surface area contributed by atoms with Gasteiger partial charge >= 0.3 is 0 Å². The van der Waals surface area contributed by atoms with Crippen LogP contribution < -0.4 is 4.90 Å². The van der Waals surface area contributed by atoms with E-state index in [-0.39, 0.29) is 5.91 Å². The Morgan fingerprint density at radius 3 is 2.66 bits per heavy atom. The molecule has 0 radical (unpaired) electrons. The van der Waals surface area contributed by atoms with E-state index in [2.05, 4.69) is 18.7 Å². The van der Waals surface area contributed by atoms with Crippen LogP contribution in [0.4, 0.5) is 5.82 Å². The first-order valence-corrected chi connectivity index (χ1v) is 12.9. The number of hydrogen-bond acceptors (Lipinski definition) is 5. The number of unbranched alkanes of at least 4 members (excludes halogenated alkanes) is 1. The lowest BCUT2D eigenvalue weighted by molar-refractivity contribution is 0.0746. The summed E-state index contributed by atoms with van der Waals surface area (Å²) in [5.74, 6) is 2.96. The predicted molar refractivity (Wildman–Crippen MR) is 132 cm³/mol. The highest BCUT2D eigenvalue weighted by atomic mass is 32.1. The second-order valence-corrected chi connectivity index (χ2v) is 10.3. The monoisotopic (exact) mass is 448 g/mol. The molecule has 1 saturated heterocycles. The largest absolute Gasteiger partial charge is 0.352 e. The topological polar surface area (TPSA) is 49.3 Å². The van der Waals surface area contributed by atoms with Crippen LogP contribution in [0.15, 0.2) is 30.3 Å². The van der Waals surface area contributed by atoms with Gasteiger partial charge in [0.15, 0.2) is 0 Å². The van der Waals surface area contributed by atoms with Crippen molar-refractivity contribution in [2.75, 3.05) is 31.1 Å². The minimum absolute atomic E-state index is 0.128. The van der Waals surface area contributed by atoms with Crippen molar-refractivity contribution in [2.24, 2.45) is 5.92 Å². The number of nitrogens with zero attached hydrogens (tertiary/aromatic N) is 4. The van der Waals surface area contributed by atoms with Crippen molar-refractivity contribution in [3.63, 3.8) is 0 Å². The summed E-state index contributed by atoms with van der Waals surface area (Å²) in [6.07, 6.45) is 6.75. The van der Waals surface area contributed by atoms with Gasteiger partial charge in [0, 0.05) is 43.0 Å². The molecule has 6 heteroatoms. The normalized spacial score (nSPS) is 18.8. The van der Waals surface area contributed by atoms with E-state index >= 15 is 0 Å². The summed E-state index contributed by atoms with van der Waals surface area (Å²) in [6.45, 7) is 7.67. The van der Waals surface area contributed by atoms with Crippen LogP contribution in [0.2, 0.25) is 0 Å². The molecule has 0 N–H and O–H groups in total. The molecule has 168 valence electrons. The maximum atomic E-state index is 12.9. The first kappa shape index (κ1) is 21.4. The number of hydrogen-bond donors (Lipinski definition) is 0. The van der Waals surface area contributed by atoms with Crippen LogP contribution in [0.1, 0.15) is 59.7 Å². The Bertz CT molecular complexity index is 1100. The number of fused-ring (bicyclic) bond motifs is 3. The number of aromatic nitrogens is 2. The maximum Gasteiger partial charge on any atom is 0.253 e. The molecule has 2 aromatic heterocycles. The number of carbonyl (C=O) groups excluding carboxylic acids is 1. The third kappa shape index (κ3) is 4.13. The second kappa shape index (κ2) is 9.18. The number of anilines is 1. The lowest BCUT2D eigenvalue weighted by atomic mass is 9.89. The Morgan fingerprint density at radius 2 is 1.91 bits per heavy atom. The van der Waals surface area contributed by atoms with Crippen LogP contribution in [-0.2, 0) is 19.3 Å². The highest BCUT2D eigenvalue weighted by molar-refractivity contribution is 7.19. The van der Waals surface area contributed by atoms with Crippen molar-refractivity contribution in [2.45, 2.75) is 52.4 Å². The van der Waals surface area contributed by atoms with Crippen molar-refractivity contribution in [1.29, 1.82) is 0 Å². The summed E-state index contributed by atoms with van der Waals surface area (Å²) >= 11 is 1.89. The van der Waals surface area contributed by atoms with E-state index in [0.717, 1.165) is 75.0 Å². The van der Waals surface area contributed by atoms with E-state index in [1.165, 1.54) is 33.5 Å². The summed E-state index contributed by atoms with van der Waals surface area (Å²) in [6, 6.07) is 9.62. The standard InChI is InChI=1S/C26H32N4OS/c1-3-4-10-22-27-24(23-20-12-11-18(2)17-21(20)32-25(23)28-22)29-13-15-30(16-14-29)26(31)19-8-6-5-7-9-19/h5-9,18H,3-4,10-17H2,1-2H3. The average Bonchev–Trinajstić information content (AvgIpc) is 3.19. The van der Waals surface area contributed by atoms with E-state index in [1.54, 1.807) is 0 Å². The summed E-state index contributed by atoms with van der Waals surface area (Å²) in [5, 5.41) is 1.29. The average molecular weight is 449 g/mol. The maximum absolute atomic E-state index is 12.9. The van der Waals surface area contributed by atoms with Crippen LogP contribution >= 0.6 is 11.3 Å². The lowest BCUT2D eigenvalue weighted by Gasteiger charge is -2.36. The third-order valence-electron chi connectivity index (χ3n) is 6.82. The molecular weight excluding hydrogens is 416 g/mol. The van der Waals surface area contributed by atoms with E-state index in [9.17, 15) is 4.79 Å². The SMILES string of the molecule is CCCCc1nc(N2CCN(C(=O)c3ccccc3)CC2)c2c3c(sc2n1)CC(C)CC3. The van der Waals surface area contributed by atoms with Crippen LogP contribution in [-0.4, -0.2) is 47.0 Å². The van der Waals surface area contributed by atoms with Gasteiger partial charge in [-0.2, -0.15) is 0 Å². The quantitative estimate of drug-likeness (QED) is 0.543. The number of carbonyl (C=O) groups is 1. The zero-order valence-electron chi connectivity index (χ0n) is 19.1. The van der Waals surface area contributed by atoms with Crippen LogP contribution in [0, 0.1) is 5.92 Å². The fourth-order valence-electron chi connectivity index (χ4n) is 4.93. The van der Waals surface area contributed by atoms with Crippen LogP contribution in [0.3, 0.4) is 0 Å². The number of piperazine rings is 1. The van der Waals surface area contributed by atoms with Gasteiger partial charge in [-0.05, 0) is 49.3 Å². The van der Waals surface area contributed by atoms with Crippen molar-refractivity contribution >= 4 is 33.3 Å². The molecular formula is C26H32N4OS. The molecule has 1 aliphatic heterocycles. The first-order valence-electron chi connectivity index (χ1n) is 12.0. The Balaban J connectivity index is 1.43. The molecule has 2 aliphatic rings. The van der Waals surface area contributed by atoms with E-state index in [0.29, 0.717) is 0 Å². The smallest absolute Gasteiger partial charge is 0.253 e. The summed E-state index contributed by atoms with van der Waals surface area (Å²) in [4.78, 5) is 30.1. The van der Waals surface area contributed by atoms with Gasteiger partial charge < -0.3 is 9.80 Å². The molecule has 5 nitrogen and oxygen atoms in total. The van der Waals surface area contributed by atoms with Gasteiger partial charge in [0.25, 0.3) is 5.91 Å². The fraction of sp³-hybridized carbons (Fsp3) is 0.500. The number of thiophene rings is 1. The first-order chi connectivity index (χ1) is 15.6. The molecule has 5 rings (SSSR count). The Labute approximate surface area is 194 Å². The van der Waals surface area contributed by atoms with E-state index < -0.39 is 0 Å². The van der Waals surface area contributed by atoms with Gasteiger partial charge in [-0.15, -0.1) is 11.3 Å². The van der Waals surface area contributed by atoms with Crippen LogP contribution in [0.5, 0.6) is 0 Å². The van der Waals surface area contributed by atoms with Crippen molar-refractivity contribution < 1.29 is 4.79 Å². The minimum atomic E-state index is 0.128. The molecule has 1 amide bonds. The predicted octanol–water partition coefficient (Wildman–Crippen LogP) is 5.12. The molecule has 1 aromatic carbocycles. The van der Waals surface area contributed by atoms with Gasteiger partial charge in [0.05, 0.1) is 5.39 Å².